The Kier molecular flexibility index (Phi) is 6.39. The van der Waals surface area contributed by atoms with Crippen LogP contribution in [0.25, 0.3) is 0 Å². The highest BCUT2D eigenvalue weighted by Crippen LogP contribution is 2.28. The molecule has 0 spiro atoms. The molecule has 0 atom stereocenters. The summed E-state index contributed by atoms with van der Waals surface area (Å²) in [6.07, 6.45) is 1.67. The summed E-state index contributed by atoms with van der Waals surface area (Å²) in [6, 6.07) is 15.1. The molecule has 2 aromatic carbocycles. The van der Waals surface area contributed by atoms with E-state index in [1.54, 1.807) is 42.3 Å². The normalized spacial score (nSPS) is 10.5. The molecule has 1 amide bonds. The van der Waals surface area contributed by atoms with Gasteiger partial charge in [0.1, 0.15) is 5.82 Å². The third-order valence-electron chi connectivity index (χ3n) is 4.47. The molecule has 7 nitrogen and oxygen atoms in total. The molecule has 0 aliphatic carbocycles. The van der Waals surface area contributed by atoms with Crippen LogP contribution in [0.1, 0.15) is 22.8 Å². The quantitative estimate of drug-likeness (QED) is 0.632. The molecule has 0 saturated heterocycles. The summed E-state index contributed by atoms with van der Waals surface area (Å²) in [6.45, 7) is 2.93. The number of methoxy groups -OCH3 is 1. The van der Waals surface area contributed by atoms with E-state index in [9.17, 15) is 4.79 Å². The topological polar surface area (TPSA) is 68.6 Å². The first kappa shape index (κ1) is 20.3. The molecule has 3 rings (SSSR count). The molecule has 3 aromatic rings. The van der Waals surface area contributed by atoms with Crippen LogP contribution in [0.15, 0.2) is 54.7 Å². The molecule has 0 radical (unpaired) electrons. The highest BCUT2D eigenvalue weighted by atomic mass is 16.5. The van der Waals surface area contributed by atoms with Gasteiger partial charge in [0.05, 0.1) is 26.5 Å². The molecular weight excluding hydrogens is 368 g/mol. The van der Waals surface area contributed by atoms with E-state index in [-0.39, 0.29) is 5.91 Å². The number of amides is 1. The van der Waals surface area contributed by atoms with Gasteiger partial charge in [0.15, 0.2) is 11.5 Å². The van der Waals surface area contributed by atoms with Gasteiger partial charge < -0.3 is 19.7 Å². The molecule has 29 heavy (non-hydrogen) atoms. The Morgan fingerprint density at radius 2 is 1.86 bits per heavy atom. The summed E-state index contributed by atoms with van der Waals surface area (Å²) in [4.78, 5) is 14.8. The molecule has 0 unspecified atom stereocenters. The fraction of sp³-hybridized carbons (Fsp3) is 0.273. The summed E-state index contributed by atoms with van der Waals surface area (Å²) in [5, 5.41) is 7.26. The number of nitrogens with zero attached hydrogens (tertiary/aromatic N) is 3. The minimum atomic E-state index is -0.238. The van der Waals surface area contributed by atoms with Crippen LogP contribution < -0.4 is 19.7 Å². The number of carbonyl (C=O) groups is 1. The number of hydrogen-bond acceptors (Lipinski definition) is 5. The Labute approximate surface area is 170 Å². The molecule has 1 N–H and O–H groups in total. The largest absolute Gasteiger partial charge is 0.493 e. The third kappa shape index (κ3) is 4.87. The van der Waals surface area contributed by atoms with Crippen molar-refractivity contribution in [3.8, 4) is 11.5 Å². The first-order valence-corrected chi connectivity index (χ1v) is 9.42. The fourth-order valence-corrected chi connectivity index (χ4v) is 2.91. The number of benzene rings is 2. The maximum Gasteiger partial charge on any atom is 0.256 e. The Bertz CT molecular complexity index is 964. The predicted molar refractivity (Wildman–Crippen MR) is 114 cm³/mol. The summed E-state index contributed by atoms with van der Waals surface area (Å²) in [5.74, 6) is 1.52. The fourth-order valence-electron chi connectivity index (χ4n) is 2.91. The Morgan fingerprint density at radius 3 is 2.52 bits per heavy atom. The Balaban J connectivity index is 1.74. The number of rotatable bonds is 8. The number of carbonyl (C=O) groups excluding carboxylic acids is 1. The SMILES string of the molecule is CCOc1cc(C(=O)Nc2ccnn2Cc2ccc(N(C)C)cc2)ccc1OC. The van der Waals surface area contributed by atoms with E-state index in [2.05, 4.69) is 39.6 Å². The second-order valence-electron chi connectivity index (χ2n) is 6.69. The minimum absolute atomic E-state index is 0.238. The number of aromatic nitrogens is 2. The average Bonchev–Trinajstić information content (AvgIpc) is 3.15. The molecule has 7 heteroatoms. The van der Waals surface area contributed by atoms with Gasteiger partial charge in [-0.3, -0.25) is 4.79 Å². The highest BCUT2D eigenvalue weighted by molar-refractivity contribution is 6.04. The van der Waals surface area contributed by atoms with Crippen LogP contribution in [0.5, 0.6) is 11.5 Å². The summed E-state index contributed by atoms with van der Waals surface area (Å²) in [5.41, 5.74) is 2.71. The molecule has 0 aliphatic rings. The van der Waals surface area contributed by atoms with Crippen molar-refractivity contribution in [3.63, 3.8) is 0 Å². The van der Waals surface area contributed by atoms with Crippen LogP contribution in [0.4, 0.5) is 11.5 Å². The molecule has 0 aliphatic heterocycles. The Morgan fingerprint density at radius 1 is 1.10 bits per heavy atom. The van der Waals surface area contributed by atoms with Crippen LogP contribution in [0.3, 0.4) is 0 Å². The highest BCUT2D eigenvalue weighted by Gasteiger charge is 2.13. The van der Waals surface area contributed by atoms with E-state index in [1.165, 1.54) is 0 Å². The summed E-state index contributed by atoms with van der Waals surface area (Å²) < 4.78 is 12.6. The van der Waals surface area contributed by atoms with Gasteiger partial charge in [-0.15, -0.1) is 0 Å². The summed E-state index contributed by atoms with van der Waals surface area (Å²) >= 11 is 0. The van der Waals surface area contributed by atoms with Gasteiger partial charge in [-0.05, 0) is 42.8 Å². The van der Waals surface area contributed by atoms with Crippen molar-refractivity contribution in [2.75, 3.05) is 38.0 Å². The zero-order valence-corrected chi connectivity index (χ0v) is 17.2. The number of anilines is 2. The molecule has 1 aromatic heterocycles. The lowest BCUT2D eigenvalue weighted by Crippen LogP contribution is -2.16. The van der Waals surface area contributed by atoms with E-state index in [4.69, 9.17) is 9.47 Å². The lowest BCUT2D eigenvalue weighted by molar-refractivity contribution is 0.102. The predicted octanol–water partition coefficient (Wildman–Crippen LogP) is 3.66. The van der Waals surface area contributed by atoms with Gasteiger partial charge >= 0.3 is 0 Å². The van der Waals surface area contributed by atoms with Crippen molar-refractivity contribution >= 4 is 17.4 Å². The van der Waals surface area contributed by atoms with Gasteiger partial charge in [0.2, 0.25) is 0 Å². The minimum Gasteiger partial charge on any atom is -0.493 e. The monoisotopic (exact) mass is 394 g/mol. The molecule has 0 bridgehead atoms. The molecule has 1 heterocycles. The van der Waals surface area contributed by atoms with Crippen molar-refractivity contribution in [2.24, 2.45) is 0 Å². The van der Waals surface area contributed by atoms with Crippen LogP contribution in [-0.4, -0.2) is 43.5 Å². The van der Waals surface area contributed by atoms with Crippen LogP contribution in [0.2, 0.25) is 0 Å². The van der Waals surface area contributed by atoms with E-state index in [1.807, 2.05) is 21.0 Å². The van der Waals surface area contributed by atoms with Crippen molar-refractivity contribution in [1.29, 1.82) is 0 Å². The maximum atomic E-state index is 12.7. The van der Waals surface area contributed by atoms with Crippen molar-refractivity contribution in [3.05, 3.63) is 65.9 Å². The lowest BCUT2D eigenvalue weighted by Gasteiger charge is -2.14. The van der Waals surface area contributed by atoms with Gasteiger partial charge in [-0.2, -0.15) is 5.10 Å². The molecule has 152 valence electrons. The summed E-state index contributed by atoms with van der Waals surface area (Å²) in [7, 11) is 5.58. The molecule has 0 fully saturated rings. The second kappa shape index (κ2) is 9.14. The first-order chi connectivity index (χ1) is 14.0. The number of ether oxygens (including phenoxy) is 2. The van der Waals surface area contributed by atoms with E-state index < -0.39 is 0 Å². The van der Waals surface area contributed by atoms with Gasteiger partial charge in [-0.25, -0.2) is 4.68 Å². The van der Waals surface area contributed by atoms with E-state index >= 15 is 0 Å². The smallest absolute Gasteiger partial charge is 0.256 e. The molecular formula is C22H26N4O3. The lowest BCUT2D eigenvalue weighted by atomic mass is 10.2. The van der Waals surface area contributed by atoms with Crippen LogP contribution in [0, 0.1) is 0 Å². The van der Waals surface area contributed by atoms with Gasteiger partial charge in [0, 0.05) is 31.4 Å². The average molecular weight is 394 g/mol. The van der Waals surface area contributed by atoms with E-state index in [0.717, 1.165) is 11.3 Å². The van der Waals surface area contributed by atoms with Crippen molar-refractivity contribution in [2.45, 2.75) is 13.5 Å². The first-order valence-electron chi connectivity index (χ1n) is 9.42. The van der Waals surface area contributed by atoms with E-state index in [0.29, 0.717) is 36.0 Å². The van der Waals surface area contributed by atoms with Crippen molar-refractivity contribution in [1.82, 2.24) is 9.78 Å². The molecule has 0 saturated carbocycles. The van der Waals surface area contributed by atoms with Crippen LogP contribution in [-0.2, 0) is 6.54 Å². The van der Waals surface area contributed by atoms with Crippen LogP contribution >= 0.6 is 0 Å². The van der Waals surface area contributed by atoms with Gasteiger partial charge in [0.25, 0.3) is 5.91 Å². The third-order valence-corrected chi connectivity index (χ3v) is 4.47. The van der Waals surface area contributed by atoms with Crippen molar-refractivity contribution < 1.29 is 14.3 Å². The Hall–Kier alpha value is -3.48. The maximum absolute atomic E-state index is 12.7. The number of hydrogen-bond donors (Lipinski definition) is 1. The standard InChI is InChI=1S/C22H26N4O3/c1-5-29-20-14-17(8-11-19(20)28-4)22(27)24-21-12-13-23-26(21)15-16-6-9-18(10-7-16)25(2)3/h6-14H,5,15H2,1-4H3,(H,24,27). The zero-order valence-electron chi connectivity index (χ0n) is 17.2. The second-order valence-corrected chi connectivity index (χ2v) is 6.69. The zero-order chi connectivity index (χ0) is 20.8. The number of nitrogens with one attached hydrogen (secondary N) is 1. The van der Waals surface area contributed by atoms with Gasteiger partial charge in [-0.1, -0.05) is 12.1 Å².